The van der Waals surface area contributed by atoms with Gasteiger partial charge in [-0.05, 0) is 30.9 Å². The maximum atomic E-state index is 13.6. The number of para-hydroxylation sites is 1. The van der Waals surface area contributed by atoms with Crippen LogP contribution in [0.3, 0.4) is 0 Å². The second-order valence-corrected chi connectivity index (χ2v) is 8.26. The van der Waals surface area contributed by atoms with Gasteiger partial charge in [-0.25, -0.2) is 9.69 Å². The number of nitrogens with zero attached hydrogens (tertiary/aromatic N) is 2. The molecule has 0 aliphatic carbocycles. The SMILES string of the molecule is CC(C)[C@@H](C(=O)NCC(=O)O)N1C(=O)N2CCc3c([nH]c4ccccc34)[C@]2(C)C1=O. The molecule has 0 saturated carbocycles. The van der Waals surface area contributed by atoms with E-state index in [0.717, 1.165) is 21.4 Å². The summed E-state index contributed by atoms with van der Waals surface area (Å²) in [7, 11) is 0. The van der Waals surface area contributed by atoms with Gasteiger partial charge >= 0.3 is 12.0 Å². The van der Waals surface area contributed by atoms with Crippen molar-refractivity contribution in [2.75, 3.05) is 13.1 Å². The number of carbonyl (C=O) groups is 4. The van der Waals surface area contributed by atoms with Gasteiger partial charge in [-0.2, -0.15) is 0 Å². The van der Waals surface area contributed by atoms with Crippen LogP contribution >= 0.6 is 0 Å². The van der Waals surface area contributed by atoms with Gasteiger partial charge in [0.2, 0.25) is 5.91 Å². The maximum absolute atomic E-state index is 13.6. The third kappa shape index (κ3) is 2.68. The van der Waals surface area contributed by atoms with Crippen LogP contribution in [0.5, 0.6) is 0 Å². The molecule has 3 heterocycles. The number of aromatic amines is 1. The van der Waals surface area contributed by atoms with Gasteiger partial charge in [0.05, 0.1) is 5.69 Å². The number of nitrogens with one attached hydrogen (secondary N) is 2. The molecular formula is C21H24N4O5. The van der Waals surface area contributed by atoms with Crippen LogP contribution in [0.25, 0.3) is 10.9 Å². The van der Waals surface area contributed by atoms with Crippen LogP contribution in [0.15, 0.2) is 24.3 Å². The quantitative estimate of drug-likeness (QED) is 0.641. The van der Waals surface area contributed by atoms with Crippen LogP contribution < -0.4 is 5.32 Å². The summed E-state index contributed by atoms with van der Waals surface area (Å²) < 4.78 is 0. The summed E-state index contributed by atoms with van der Waals surface area (Å²) in [6.45, 7) is 4.92. The minimum absolute atomic E-state index is 0.355. The first-order valence-electron chi connectivity index (χ1n) is 9.92. The summed E-state index contributed by atoms with van der Waals surface area (Å²) in [6, 6.07) is 6.12. The molecule has 0 spiro atoms. The molecule has 1 aromatic carbocycles. The van der Waals surface area contributed by atoms with Crippen LogP contribution in [-0.4, -0.2) is 62.8 Å². The molecule has 1 aromatic heterocycles. The van der Waals surface area contributed by atoms with Crippen molar-refractivity contribution in [3.8, 4) is 0 Å². The Hall–Kier alpha value is -3.36. The molecule has 30 heavy (non-hydrogen) atoms. The lowest BCUT2D eigenvalue weighted by Gasteiger charge is -2.36. The van der Waals surface area contributed by atoms with E-state index < -0.39 is 41.9 Å². The summed E-state index contributed by atoms with van der Waals surface area (Å²) in [4.78, 5) is 56.3. The van der Waals surface area contributed by atoms with E-state index in [1.807, 2.05) is 24.3 Å². The first-order valence-corrected chi connectivity index (χ1v) is 9.92. The first kappa shape index (κ1) is 19.9. The van der Waals surface area contributed by atoms with Gasteiger partial charge in [0.1, 0.15) is 12.6 Å². The van der Waals surface area contributed by atoms with Crippen molar-refractivity contribution in [3.63, 3.8) is 0 Å². The number of rotatable bonds is 5. The molecule has 9 nitrogen and oxygen atoms in total. The Morgan fingerprint density at radius 3 is 2.63 bits per heavy atom. The molecule has 0 unspecified atom stereocenters. The highest BCUT2D eigenvalue weighted by molar-refractivity contribution is 6.11. The lowest BCUT2D eigenvalue weighted by atomic mass is 9.86. The van der Waals surface area contributed by atoms with E-state index >= 15 is 0 Å². The molecule has 0 bridgehead atoms. The van der Waals surface area contributed by atoms with E-state index in [1.165, 1.54) is 4.90 Å². The molecule has 3 N–H and O–H groups in total. The second-order valence-electron chi connectivity index (χ2n) is 8.26. The Morgan fingerprint density at radius 2 is 1.97 bits per heavy atom. The standard InChI is InChI=1S/C21H24N4O5/c1-11(2)16(18(28)22-10-15(26)27)25-19(29)21(3)17-13(8-9-24(21)20(25)30)12-6-4-5-7-14(12)23-17/h4-7,11,16,23H,8-10H2,1-3H3,(H,22,28)(H,26,27)/t16-,21+/m0/s1. The van der Waals surface area contributed by atoms with E-state index in [-0.39, 0.29) is 5.92 Å². The highest BCUT2D eigenvalue weighted by Gasteiger charge is 2.61. The van der Waals surface area contributed by atoms with E-state index in [0.29, 0.717) is 18.7 Å². The zero-order valence-corrected chi connectivity index (χ0v) is 17.1. The summed E-state index contributed by atoms with van der Waals surface area (Å²) >= 11 is 0. The smallest absolute Gasteiger partial charge is 0.328 e. The number of hydrogen-bond donors (Lipinski definition) is 3. The minimum Gasteiger partial charge on any atom is -0.480 e. The van der Waals surface area contributed by atoms with Gasteiger partial charge in [-0.15, -0.1) is 0 Å². The molecule has 0 radical (unpaired) electrons. The number of carboxylic acid groups (broad SMARTS) is 1. The van der Waals surface area contributed by atoms with Crippen LogP contribution in [0, 0.1) is 5.92 Å². The molecular weight excluding hydrogens is 388 g/mol. The van der Waals surface area contributed by atoms with Crippen molar-refractivity contribution in [3.05, 3.63) is 35.5 Å². The molecule has 2 atom stereocenters. The minimum atomic E-state index is -1.25. The predicted molar refractivity (Wildman–Crippen MR) is 108 cm³/mol. The summed E-state index contributed by atoms with van der Waals surface area (Å²) in [5.74, 6) is -2.73. The van der Waals surface area contributed by atoms with Gasteiger partial charge in [-0.3, -0.25) is 14.4 Å². The van der Waals surface area contributed by atoms with Crippen LogP contribution in [0.4, 0.5) is 4.79 Å². The molecule has 1 saturated heterocycles. The zero-order chi connectivity index (χ0) is 21.8. The predicted octanol–water partition coefficient (Wildman–Crippen LogP) is 1.43. The third-order valence-corrected chi connectivity index (χ3v) is 6.09. The molecule has 158 valence electrons. The van der Waals surface area contributed by atoms with Crippen molar-refractivity contribution < 1.29 is 24.3 Å². The van der Waals surface area contributed by atoms with Crippen molar-refractivity contribution in [1.29, 1.82) is 0 Å². The Kier molecular flexibility index (Phi) is 4.56. The third-order valence-electron chi connectivity index (χ3n) is 6.09. The number of carbonyl (C=O) groups excluding carboxylic acids is 3. The van der Waals surface area contributed by atoms with E-state index in [9.17, 15) is 19.2 Å². The van der Waals surface area contributed by atoms with Crippen molar-refractivity contribution in [2.24, 2.45) is 5.92 Å². The Balaban J connectivity index is 1.77. The molecule has 2 aliphatic rings. The number of aliphatic carboxylic acids is 1. The van der Waals surface area contributed by atoms with E-state index in [4.69, 9.17) is 5.11 Å². The molecule has 4 amide bonds. The fraction of sp³-hybridized carbons (Fsp3) is 0.429. The van der Waals surface area contributed by atoms with E-state index in [1.54, 1.807) is 20.8 Å². The highest BCUT2D eigenvalue weighted by atomic mass is 16.4. The largest absolute Gasteiger partial charge is 0.480 e. The van der Waals surface area contributed by atoms with Crippen LogP contribution in [0.2, 0.25) is 0 Å². The molecule has 4 rings (SSSR count). The summed E-state index contributed by atoms with van der Waals surface area (Å²) in [6.07, 6.45) is 0.597. The zero-order valence-electron chi connectivity index (χ0n) is 17.1. The van der Waals surface area contributed by atoms with Crippen LogP contribution in [0.1, 0.15) is 32.0 Å². The van der Waals surface area contributed by atoms with Gasteiger partial charge in [0.15, 0.2) is 5.54 Å². The van der Waals surface area contributed by atoms with Gasteiger partial charge in [0.25, 0.3) is 5.91 Å². The summed E-state index contributed by atoms with van der Waals surface area (Å²) in [5, 5.41) is 12.2. The maximum Gasteiger partial charge on any atom is 0.328 e. The number of urea groups is 1. The molecule has 1 fully saturated rings. The average Bonchev–Trinajstić information content (AvgIpc) is 3.16. The number of amides is 4. The second kappa shape index (κ2) is 6.86. The fourth-order valence-electron chi connectivity index (χ4n) is 4.65. The Bertz CT molecular complexity index is 1070. The van der Waals surface area contributed by atoms with Crippen molar-refractivity contribution in [2.45, 2.75) is 38.8 Å². The summed E-state index contributed by atoms with van der Waals surface area (Å²) in [5.41, 5.74) is 1.32. The van der Waals surface area contributed by atoms with E-state index in [2.05, 4.69) is 10.3 Å². The highest BCUT2D eigenvalue weighted by Crippen LogP contribution is 2.45. The van der Waals surface area contributed by atoms with Crippen molar-refractivity contribution >= 4 is 34.7 Å². The number of fused-ring (bicyclic) bond motifs is 5. The van der Waals surface area contributed by atoms with Gasteiger partial charge in [-0.1, -0.05) is 32.0 Å². The number of imide groups is 1. The first-order chi connectivity index (χ1) is 14.2. The average molecular weight is 412 g/mol. The Labute approximate surface area is 173 Å². The number of H-pyrrole nitrogens is 1. The number of hydrogen-bond acceptors (Lipinski definition) is 4. The number of aromatic nitrogens is 1. The lowest BCUT2D eigenvalue weighted by molar-refractivity contribution is -0.142. The lowest BCUT2D eigenvalue weighted by Crippen LogP contribution is -2.54. The number of carboxylic acids is 1. The Morgan fingerprint density at radius 1 is 1.27 bits per heavy atom. The molecule has 2 aliphatic heterocycles. The molecule has 9 heteroatoms. The fourth-order valence-corrected chi connectivity index (χ4v) is 4.65. The number of benzene rings is 1. The van der Waals surface area contributed by atoms with Gasteiger partial charge < -0.3 is 20.3 Å². The van der Waals surface area contributed by atoms with Gasteiger partial charge in [0, 0.05) is 17.4 Å². The normalized spacial score (nSPS) is 21.7. The van der Waals surface area contributed by atoms with Crippen LogP contribution in [-0.2, 0) is 26.3 Å². The topological polar surface area (TPSA) is 123 Å². The monoisotopic (exact) mass is 412 g/mol. The van der Waals surface area contributed by atoms with Crippen molar-refractivity contribution in [1.82, 2.24) is 20.1 Å². The molecule has 2 aromatic rings.